The predicted molar refractivity (Wildman–Crippen MR) is 77.8 cm³/mol. The molecule has 100 valence electrons. The van der Waals surface area contributed by atoms with Gasteiger partial charge in [-0.25, -0.2) is 0 Å². The first-order valence-electron chi connectivity index (χ1n) is 7.35. The van der Waals surface area contributed by atoms with Crippen LogP contribution in [-0.2, 0) is 0 Å². The lowest BCUT2D eigenvalue weighted by Crippen LogP contribution is -2.46. The fraction of sp³-hybridized carbons (Fsp3) is 1.00. The minimum Gasteiger partial charge on any atom is -0.311 e. The molecule has 2 rings (SSSR count). The summed E-state index contributed by atoms with van der Waals surface area (Å²) in [6.45, 7) is 8.55. The molecule has 0 aromatic carbocycles. The lowest BCUT2D eigenvalue weighted by Gasteiger charge is -2.36. The zero-order chi connectivity index (χ0) is 12.1. The highest BCUT2D eigenvalue weighted by atomic mass is 32.2. The van der Waals surface area contributed by atoms with Gasteiger partial charge in [-0.2, -0.15) is 11.8 Å². The van der Waals surface area contributed by atoms with Gasteiger partial charge in [-0.05, 0) is 69.7 Å². The molecule has 0 spiro atoms. The second-order valence-corrected chi connectivity index (χ2v) is 6.84. The molecule has 0 radical (unpaired) electrons. The van der Waals surface area contributed by atoms with Crippen LogP contribution in [0.5, 0.6) is 0 Å². The average molecular weight is 256 g/mol. The monoisotopic (exact) mass is 256 g/mol. The van der Waals surface area contributed by atoms with E-state index in [1.54, 1.807) is 0 Å². The normalized spacial score (nSPS) is 27.2. The van der Waals surface area contributed by atoms with Crippen molar-refractivity contribution in [3.05, 3.63) is 0 Å². The molecule has 0 aliphatic carbocycles. The highest BCUT2D eigenvalue weighted by Gasteiger charge is 2.25. The maximum Gasteiger partial charge on any atom is 0.00853 e. The van der Waals surface area contributed by atoms with Crippen LogP contribution in [0.4, 0.5) is 0 Å². The van der Waals surface area contributed by atoms with Crippen molar-refractivity contribution < 1.29 is 0 Å². The smallest absolute Gasteiger partial charge is 0.00853 e. The Morgan fingerprint density at radius 2 is 1.82 bits per heavy atom. The molecule has 3 heteroatoms. The number of nitrogens with one attached hydrogen (secondary N) is 1. The third-order valence-corrected chi connectivity index (χ3v) is 5.56. The Hall–Kier alpha value is 0.270. The van der Waals surface area contributed by atoms with Crippen molar-refractivity contribution in [1.82, 2.24) is 10.2 Å². The highest BCUT2D eigenvalue weighted by molar-refractivity contribution is 7.99. The van der Waals surface area contributed by atoms with E-state index in [9.17, 15) is 0 Å². The van der Waals surface area contributed by atoms with Crippen molar-refractivity contribution in [3.63, 3.8) is 0 Å². The Kier molecular flexibility index (Phi) is 5.64. The molecule has 1 N–H and O–H groups in total. The molecule has 0 aromatic heterocycles. The van der Waals surface area contributed by atoms with Gasteiger partial charge in [-0.3, -0.25) is 0 Å². The standard InChI is InChI=1S/C14H28N2S/c1-3-16-8-4-13(5-9-16)12(2)15-14-6-10-17-11-7-14/h12-15H,3-11H2,1-2H3. The molecule has 2 heterocycles. The van der Waals surface area contributed by atoms with Crippen molar-refractivity contribution in [1.29, 1.82) is 0 Å². The summed E-state index contributed by atoms with van der Waals surface area (Å²) in [5.74, 6) is 3.63. The summed E-state index contributed by atoms with van der Waals surface area (Å²) in [6.07, 6.45) is 5.54. The summed E-state index contributed by atoms with van der Waals surface area (Å²) in [6, 6.07) is 1.53. The van der Waals surface area contributed by atoms with Crippen LogP contribution in [0.2, 0.25) is 0 Å². The molecule has 0 saturated carbocycles. The van der Waals surface area contributed by atoms with E-state index < -0.39 is 0 Å². The molecule has 0 bridgehead atoms. The van der Waals surface area contributed by atoms with E-state index in [1.165, 1.54) is 56.8 Å². The fourth-order valence-corrected chi connectivity index (χ4v) is 4.25. The van der Waals surface area contributed by atoms with Crippen LogP contribution in [-0.4, -0.2) is 48.1 Å². The SMILES string of the molecule is CCN1CCC(C(C)NC2CCSCC2)CC1. The Bertz CT molecular complexity index is 208. The van der Waals surface area contributed by atoms with Gasteiger partial charge in [0.05, 0.1) is 0 Å². The Morgan fingerprint density at radius 1 is 1.18 bits per heavy atom. The van der Waals surface area contributed by atoms with Gasteiger partial charge < -0.3 is 10.2 Å². The molecule has 2 aliphatic rings. The molecule has 0 amide bonds. The minimum absolute atomic E-state index is 0.724. The Morgan fingerprint density at radius 3 is 2.41 bits per heavy atom. The first-order valence-corrected chi connectivity index (χ1v) is 8.51. The first kappa shape index (κ1) is 13.7. The number of piperidine rings is 1. The topological polar surface area (TPSA) is 15.3 Å². The number of likely N-dealkylation sites (tertiary alicyclic amines) is 1. The summed E-state index contributed by atoms with van der Waals surface area (Å²) in [5.41, 5.74) is 0. The van der Waals surface area contributed by atoms with Gasteiger partial charge in [0, 0.05) is 12.1 Å². The first-order chi connectivity index (χ1) is 8.29. The van der Waals surface area contributed by atoms with Crippen LogP contribution in [0.15, 0.2) is 0 Å². The van der Waals surface area contributed by atoms with Gasteiger partial charge in [-0.15, -0.1) is 0 Å². The molecule has 1 unspecified atom stereocenters. The molecule has 1 atom stereocenters. The molecule has 2 fully saturated rings. The van der Waals surface area contributed by atoms with Crippen molar-refractivity contribution in [2.24, 2.45) is 5.92 Å². The van der Waals surface area contributed by atoms with E-state index in [0.29, 0.717) is 0 Å². The maximum atomic E-state index is 3.89. The van der Waals surface area contributed by atoms with Crippen LogP contribution in [0.3, 0.4) is 0 Å². The number of nitrogens with zero attached hydrogens (tertiary/aromatic N) is 1. The van der Waals surface area contributed by atoms with Crippen molar-refractivity contribution in [3.8, 4) is 0 Å². The third kappa shape index (κ3) is 4.15. The van der Waals surface area contributed by atoms with Gasteiger partial charge in [0.25, 0.3) is 0 Å². The second-order valence-electron chi connectivity index (χ2n) is 5.61. The zero-order valence-electron chi connectivity index (χ0n) is 11.5. The van der Waals surface area contributed by atoms with Crippen molar-refractivity contribution in [2.45, 2.75) is 51.6 Å². The molecule has 2 aliphatic heterocycles. The van der Waals surface area contributed by atoms with E-state index in [4.69, 9.17) is 0 Å². The van der Waals surface area contributed by atoms with Gasteiger partial charge in [0.1, 0.15) is 0 Å². The number of rotatable bonds is 4. The summed E-state index contributed by atoms with van der Waals surface area (Å²) >= 11 is 2.12. The minimum atomic E-state index is 0.724. The zero-order valence-corrected chi connectivity index (χ0v) is 12.3. The summed E-state index contributed by atoms with van der Waals surface area (Å²) in [4.78, 5) is 2.58. The van der Waals surface area contributed by atoms with Crippen LogP contribution in [0.1, 0.15) is 39.5 Å². The Balaban J connectivity index is 1.70. The fourth-order valence-electron chi connectivity index (χ4n) is 3.14. The van der Waals surface area contributed by atoms with Crippen molar-refractivity contribution in [2.75, 3.05) is 31.1 Å². The Labute approximate surface area is 111 Å². The second kappa shape index (κ2) is 7.01. The van der Waals surface area contributed by atoms with Crippen LogP contribution < -0.4 is 5.32 Å². The van der Waals surface area contributed by atoms with Gasteiger partial charge in [-0.1, -0.05) is 6.92 Å². The third-order valence-electron chi connectivity index (χ3n) is 4.51. The van der Waals surface area contributed by atoms with E-state index in [-0.39, 0.29) is 0 Å². The molecular weight excluding hydrogens is 228 g/mol. The van der Waals surface area contributed by atoms with Gasteiger partial charge in [0.2, 0.25) is 0 Å². The van der Waals surface area contributed by atoms with E-state index in [0.717, 1.165) is 18.0 Å². The predicted octanol–water partition coefficient (Wildman–Crippen LogP) is 2.59. The molecule has 2 nitrogen and oxygen atoms in total. The van der Waals surface area contributed by atoms with E-state index in [1.807, 2.05) is 0 Å². The molecule has 0 aromatic rings. The molecule has 17 heavy (non-hydrogen) atoms. The molecule has 2 saturated heterocycles. The van der Waals surface area contributed by atoms with Gasteiger partial charge >= 0.3 is 0 Å². The van der Waals surface area contributed by atoms with Crippen LogP contribution in [0.25, 0.3) is 0 Å². The van der Waals surface area contributed by atoms with E-state index in [2.05, 4.69) is 35.8 Å². The lowest BCUT2D eigenvalue weighted by molar-refractivity contribution is 0.163. The van der Waals surface area contributed by atoms with Crippen molar-refractivity contribution >= 4 is 11.8 Å². The number of hydrogen-bond acceptors (Lipinski definition) is 3. The highest BCUT2D eigenvalue weighted by Crippen LogP contribution is 2.23. The van der Waals surface area contributed by atoms with Crippen LogP contribution in [0, 0.1) is 5.92 Å². The molecular formula is C14H28N2S. The van der Waals surface area contributed by atoms with Gasteiger partial charge in [0.15, 0.2) is 0 Å². The van der Waals surface area contributed by atoms with Crippen LogP contribution >= 0.6 is 11.8 Å². The average Bonchev–Trinajstić information content (AvgIpc) is 2.40. The summed E-state index contributed by atoms with van der Waals surface area (Å²) in [5, 5.41) is 3.89. The number of thioether (sulfide) groups is 1. The van der Waals surface area contributed by atoms with E-state index >= 15 is 0 Å². The quantitative estimate of drug-likeness (QED) is 0.832. The maximum absolute atomic E-state index is 3.89. The summed E-state index contributed by atoms with van der Waals surface area (Å²) in [7, 11) is 0. The lowest BCUT2D eigenvalue weighted by atomic mass is 9.89. The summed E-state index contributed by atoms with van der Waals surface area (Å²) < 4.78 is 0. The number of hydrogen-bond donors (Lipinski definition) is 1. The largest absolute Gasteiger partial charge is 0.311 e.